The largest absolute Gasteiger partial charge is 0.489 e. The van der Waals surface area contributed by atoms with Gasteiger partial charge in [-0.15, -0.1) is 0 Å². The first-order valence-electron chi connectivity index (χ1n) is 9.95. The minimum atomic E-state index is -4.39. The van der Waals surface area contributed by atoms with Crippen molar-refractivity contribution < 1.29 is 22.7 Å². The molecule has 2 aromatic rings. The van der Waals surface area contributed by atoms with Crippen molar-refractivity contribution in [3.8, 4) is 5.75 Å². The van der Waals surface area contributed by atoms with Gasteiger partial charge in [0.1, 0.15) is 12.4 Å². The molecule has 0 saturated carbocycles. The van der Waals surface area contributed by atoms with Crippen LogP contribution in [0.4, 0.5) is 13.2 Å². The number of nitrogens with one attached hydrogen (secondary N) is 1. The van der Waals surface area contributed by atoms with Crippen LogP contribution in [0.5, 0.6) is 5.75 Å². The number of nitrogens with zero attached hydrogens (tertiary/aromatic N) is 1. The minimum Gasteiger partial charge on any atom is -0.489 e. The van der Waals surface area contributed by atoms with Crippen LogP contribution in [0.15, 0.2) is 83.1 Å². The number of hydrogen-bond donors (Lipinski definition) is 1. The number of fused-ring (bicyclic) bond motifs is 1. The molecule has 1 N–H and O–H groups in total. The summed E-state index contributed by atoms with van der Waals surface area (Å²) in [5.41, 5.74) is 2.65. The molecule has 2 aromatic carbocycles. The van der Waals surface area contributed by atoms with E-state index in [1.807, 2.05) is 42.5 Å². The number of aliphatic imine (C=N–C) groups is 1. The highest BCUT2D eigenvalue weighted by Gasteiger charge is 2.43. The summed E-state index contributed by atoms with van der Waals surface area (Å²) in [6.45, 7) is 1.89. The third-order valence-corrected chi connectivity index (χ3v) is 5.26. The number of carbonyl (C=O) groups is 1. The number of alkyl halides is 3. The predicted molar refractivity (Wildman–Crippen MR) is 111 cm³/mol. The van der Waals surface area contributed by atoms with Crippen molar-refractivity contribution in [2.45, 2.75) is 26.1 Å². The molecular formula is C24H21F3N2O2. The van der Waals surface area contributed by atoms with Crippen LogP contribution in [-0.2, 0) is 11.4 Å². The van der Waals surface area contributed by atoms with Gasteiger partial charge in [-0.25, -0.2) is 0 Å². The maximum Gasteiger partial charge on any atom is 0.395 e. The Kier molecular flexibility index (Phi) is 5.67. The molecule has 1 amide bonds. The smallest absolute Gasteiger partial charge is 0.395 e. The quantitative estimate of drug-likeness (QED) is 0.733. The topological polar surface area (TPSA) is 50.7 Å². The Morgan fingerprint density at radius 2 is 1.87 bits per heavy atom. The molecule has 4 nitrogen and oxygen atoms in total. The molecule has 2 atom stereocenters. The lowest BCUT2D eigenvalue weighted by molar-refractivity contribution is -0.169. The van der Waals surface area contributed by atoms with Crippen molar-refractivity contribution in [3.05, 3.63) is 89.3 Å². The maximum atomic E-state index is 13.3. The van der Waals surface area contributed by atoms with E-state index in [1.54, 1.807) is 12.1 Å². The number of halogens is 3. The summed E-state index contributed by atoms with van der Waals surface area (Å²) in [5, 5.41) is 2.57. The third kappa shape index (κ3) is 4.87. The van der Waals surface area contributed by atoms with E-state index in [0.717, 1.165) is 11.6 Å². The van der Waals surface area contributed by atoms with E-state index in [9.17, 15) is 18.0 Å². The van der Waals surface area contributed by atoms with Crippen molar-refractivity contribution in [2.75, 3.05) is 0 Å². The van der Waals surface area contributed by atoms with Gasteiger partial charge in [0.15, 0.2) is 0 Å². The monoisotopic (exact) mass is 426 g/mol. The molecule has 1 heterocycles. The molecule has 7 heteroatoms. The lowest BCUT2D eigenvalue weighted by Crippen LogP contribution is -2.32. The first kappa shape index (κ1) is 20.9. The number of benzene rings is 2. The Morgan fingerprint density at radius 1 is 1.10 bits per heavy atom. The van der Waals surface area contributed by atoms with Gasteiger partial charge in [-0.1, -0.05) is 55.5 Å². The van der Waals surface area contributed by atoms with Gasteiger partial charge in [0.25, 0.3) is 0 Å². The lowest BCUT2D eigenvalue weighted by atomic mass is 9.87. The minimum absolute atomic E-state index is 0.0398. The van der Waals surface area contributed by atoms with Crippen molar-refractivity contribution in [3.63, 3.8) is 0 Å². The van der Waals surface area contributed by atoms with Gasteiger partial charge < -0.3 is 10.1 Å². The number of ether oxygens (including phenoxy) is 1. The van der Waals surface area contributed by atoms with E-state index in [4.69, 9.17) is 4.74 Å². The number of hydrogen-bond acceptors (Lipinski definition) is 3. The molecule has 0 fully saturated rings. The van der Waals surface area contributed by atoms with Crippen LogP contribution in [0.1, 0.15) is 24.5 Å². The predicted octanol–water partition coefficient (Wildman–Crippen LogP) is 5.17. The van der Waals surface area contributed by atoms with E-state index >= 15 is 0 Å². The van der Waals surface area contributed by atoms with E-state index in [-0.39, 0.29) is 12.1 Å². The zero-order valence-electron chi connectivity index (χ0n) is 16.8. The van der Waals surface area contributed by atoms with Crippen LogP contribution in [0.3, 0.4) is 0 Å². The van der Waals surface area contributed by atoms with Crippen molar-refractivity contribution in [1.29, 1.82) is 0 Å². The highest BCUT2D eigenvalue weighted by Crippen LogP contribution is 2.39. The number of rotatable bonds is 4. The standard InChI is InChI=1S/C24H21F3N2O2/c1-15-10-21-22(12-19(15)24(25,26)27)29-23(30)13-20(28-21)17-8-5-9-18(11-17)31-14-16-6-3-2-4-7-16/h2-12,15,19H,13-14H2,1H3,(H,29,30). The summed E-state index contributed by atoms with van der Waals surface area (Å²) in [4.78, 5) is 16.9. The summed E-state index contributed by atoms with van der Waals surface area (Å²) in [6.07, 6.45) is -1.90. The average Bonchev–Trinajstić information content (AvgIpc) is 2.89. The van der Waals surface area contributed by atoms with Gasteiger partial charge in [-0.3, -0.25) is 9.79 Å². The van der Waals surface area contributed by atoms with Gasteiger partial charge in [-0.2, -0.15) is 13.2 Å². The summed E-state index contributed by atoms with van der Waals surface area (Å²) in [5.74, 6) is -2.22. The van der Waals surface area contributed by atoms with Crippen molar-refractivity contribution >= 4 is 11.6 Å². The average molecular weight is 426 g/mol. The van der Waals surface area contributed by atoms with Gasteiger partial charge in [-0.05, 0) is 29.7 Å². The Labute approximate surface area is 178 Å². The first-order chi connectivity index (χ1) is 14.8. The summed E-state index contributed by atoms with van der Waals surface area (Å²) < 4.78 is 45.7. The molecule has 1 aliphatic carbocycles. The van der Waals surface area contributed by atoms with Crippen LogP contribution in [-0.4, -0.2) is 17.8 Å². The summed E-state index contributed by atoms with van der Waals surface area (Å²) in [7, 11) is 0. The van der Waals surface area contributed by atoms with Gasteiger partial charge >= 0.3 is 6.18 Å². The fraction of sp³-hybridized carbons (Fsp3) is 0.250. The Bertz CT molecular complexity index is 1070. The fourth-order valence-electron chi connectivity index (χ4n) is 3.66. The molecule has 2 aliphatic rings. The third-order valence-electron chi connectivity index (χ3n) is 5.26. The van der Waals surface area contributed by atoms with Gasteiger partial charge in [0.05, 0.1) is 29.4 Å². The molecule has 4 rings (SSSR count). The Hall–Kier alpha value is -3.35. The van der Waals surface area contributed by atoms with Crippen LogP contribution in [0, 0.1) is 11.8 Å². The van der Waals surface area contributed by atoms with E-state index in [1.165, 1.54) is 13.0 Å². The zero-order valence-corrected chi connectivity index (χ0v) is 16.8. The van der Waals surface area contributed by atoms with Crippen LogP contribution in [0.25, 0.3) is 0 Å². The van der Waals surface area contributed by atoms with Crippen LogP contribution in [0.2, 0.25) is 0 Å². The molecule has 160 valence electrons. The lowest BCUT2D eigenvalue weighted by Gasteiger charge is -2.26. The van der Waals surface area contributed by atoms with Crippen LogP contribution < -0.4 is 10.1 Å². The molecular weight excluding hydrogens is 405 g/mol. The Morgan fingerprint density at radius 3 is 2.61 bits per heavy atom. The number of allylic oxidation sites excluding steroid dienone is 2. The highest BCUT2D eigenvalue weighted by molar-refractivity contribution is 6.12. The summed E-state index contributed by atoms with van der Waals surface area (Å²) >= 11 is 0. The molecule has 0 spiro atoms. The molecule has 0 radical (unpaired) electrons. The zero-order chi connectivity index (χ0) is 22.0. The second kappa shape index (κ2) is 8.41. The first-order valence-corrected chi connectivity index (χ1v) is 9.95. The number of amides is 1. The fourth-order valence-corrected chi connectivity index (χ4v) is 3.66. The summed E-state index contributed by atoms with van der Waals surface area (Å²) in [6, 6.07) is 16.9. The van der Waals surface area contributed by atoms with Crippen molar-refractivity contribution in [2.24, 2.45) is 16.8 Å². The van der Waals surface area contributed by atoms with E-state index in [2.05, 4.69) is 10.3 Å². The van der Waals surface area contributed by atoms with Gasteiger partial charge in [0, 0.05) is 5.56 Å². The molecule has 1 aliphatic heterocycles. The van der Waals surface area contributed by atoms with E-state index in [0.29, 0.717) is 29.3 Å². The Balaban J connectivity index is 1.60. The second-order valence-electron chi connectivity index (χ2n) is 7.64. The molecule has 31 heavy (non-hydrogen) atoms. The molecule has 0 bridgehead atoms. The normalized spacial score (nSPS) is 21.2. The number of carbonyl (C=O) groups excluding carboxylic acids is 1. The second-order valence-corrected chi connectivity index (χ2v) is 7.64. The molecule has 2 unspecified atom stereocenters. The van der Waals surface area contributed by atoms with E-state index < -0.39 is 23.9 Å². The maximum absolute atomic E-state index is 13.3. The SMILES string of the molecule is CC1C=C2N=C(c3cccc(OCc4ccccc4)c3)CC(=O)NC2=CC1C(F)(F)F. The molecule has 0 aromatic heterocycles. The van der Waals surface area contributed by atoms with Crippen molar-refractivity contribution in [1.82, 2.24) is 5.32 Å². The van der Waals surface area contributed by atoms with Crippen LogP contribution >= 0.6 is 0 Å². The van der Waals surface area contributed by atoms with Gasteiger partial charge in [0.2, 0.25) is 5.91 Å². The highest BCUT2D eigenvalue weighted by atomic mass is 19.4. The molecule has 0 saturated heterocycles.